The topological polar surface area (TPSA) is 94.0 Å². The van der Waals surface area contributed by atoms with Crippen LogP contribution in [0.25, 0.3) is 11.5 Å². The molecule has 0 aliphatic carbocycles. The molecule has 0 spiro atoms. The van der Waals surface area contributed by atoms with Crippen LogP contribution in [0, 0.1) is 0 Å². The zero-order valence-corrected chi connectivity index (χ0v) is 13.3. The highest BCUT2D eigenvalue weighted by molar-refractivity contribution is 6.30. The molecule has 118 valence electrons. The van der Waals surface area contributed by atoms with Crippen LogP contribution in [0.2, 0.25) is 5.02 Å². The number of amides is 1. The quantitative estimate of drug-likeness (QED) is 0.852. The molecule has 7 heteroatoms. The maximum atomic E-state index is 11.8. The van der Waals surface area contributed by atoms with Crippen molar-refractivity contribution in [2.24, 2.45) is 5.73 Å². The van der Waals surface area contributed by atoms with Gasteiger partial charge in [0.2, 0.25) is 5.91 Å². The van der Waals surface area contributed by atoms with Crippen LogP contribution in [0.15, 0.2) is 28.8 Å². The van der Waals surface area contributed by atoms with Gasteiger partial charge in [0.1, 0.15) is 0 Å². The summed E-state index contributed by atoms with van der Waals surface area (Å²) in [6, 6.07) is 6.77. The number of nitrogens with one attached hydrogen (secondary N) is 1. The minimum atomic E-state index is -0.328. The van der Waals surface area contributed by atoms with Crippen LogP contribution in [0.5, 0.6) is 0 Å². The van der Waals surface area contributed by atoms with Gasteiger partial charge in [-0.2, -0.15) is 4.98 Å². The second-order valence-corrected chi connectivity index (χ2v) is 5.71. The van der Waals surface area contributed by atoms with Crippen molar-refractivity contribution in [3.8, 4) is 11.5 Å². The van der Waals surface area contributed by atoms with Crippen molar-refractivity contribution in [2.45, 2.75) is 38.8 Å². The van der Waals surface area contributed by atoms with Gasteiger partial charge in [0.05, 0.1) is 6.04 Å². The zero-order chi connectivity index (χ0) is 16.1. The van der Waals surface area contributed by atoms with Gasteiger partial charge in [-0.25, -0.2) is 0 Å². The summed E-state index contributed by atoms with van der Waals surface area (Å²) in [6.45, 7) is 3.68. The summed E-state index contributed by atoms with van der Waals surface area (Å²) in [5.41, 5.74) is 6.41. The van der Waals surface area contributed by atoms with Crippen LogP contribution in [-0.4, -0.2) is 22.1 Å². The number of hydrogen-bond donors (Lipinski definition) is 2. The molecule has 2 atom stereocenters. The second-order valence-electron chi connectivity index (χ2n) is 5.27. The Balaban J connectivity index is 1.98. The summed E-state index contributed by atoms with van der Waals surface area (Å²) in [5.74, 6) is 0.741. The highest BCUT2D eigenvalue weighted by atomic mass is 35.5. The summed E-state index contributed by atoms with van der Waals surface area (Å²) >= 11 is 5.84. The van der Waals surface area contributed by atoms with E-state index in [2.05, 4.69) is 15.5 Å². The Labute approximate surface area is 134 Å². The fraction of sp³-hybridized carbons (Fsp3) is 0.400. The third-order valence-corrected chi connectivity index (χ3v) is 3.38. The van der Waals surface area contributed by atoms with E-state index in [1.165, 1.54) is 0 Å². The summed E-state index contributed by atoms with van der Waals surface area (Å²) < 4.78 is 5.22. The van der Waals surface area contributed by atoms with E-state index in [0.29, 0.717) is 29.6 Å². The van der Waals surface area contributed by atoms with Crippen LogP contribution in [0.3, 0.4) is 0 Å². The highest BCUT2D eigenvalue weighted by Crippen LogP contribution is 2.21. The van der Waals surface area contributed by atoms with E-state index in [1.807, 2.05) is 6.92 Å². The molecule has 1 heterocycles. The molecular weight excluding hydrogens is 304 g/mol. The van der Waals surface area contributed by atoms with Gasteiger partial charge in [0.15, 0.2) is 5.82 Å². The number of aromatic nitrogens is 2. The van der Waals surface area contributed by atoms with Gasteiger partial charge in [-0.1, -0.05) is 16.8 Å². The molecule has 0 aliphatic rings. The predicted octanol–water partition coefficient (Wildman–Crippen LogP) is 2.69. The lowest BCUT2D eigenvalue weighted by Gasteiger charge is -2.10. The smallest absolute Gasteiger partial charge is 0.257 e. The van der Waals surface area contributed by atoms with Crippen LogP contribution in [-0.2, 0) is 4.79 Å². The van der Waals surface area contributed by atoms with Gasteiger partial charge in [-0.3, -0.25) is 4.79 Å². The highest BCUT2D eigenvalue weighted by Gasteiger charge is 2.17. The number of halogens is 1. The van der Waals surface area contributed by atoms with Gasteiger partial charge in [-0.05, 0) is 44.5 Å². The van der Waals surface area contributed by atoms with Crippen molar-refractivity contribution in [3.63, 3.8) is 0 Å². The van der Waals surface area contributed by atoms with Crippen molar-refractivity contribution >= 4 is 17.5 Å². The van der Waals surface area contributed by atoms with Crippen molar-refractivity contribution in [2.75, 3.05) is 0 Å². The molecule has 6 nitrogen and oxygen atoms in total. The largest absolute Gasteiger partial charge is 0.346 e. The lowest BCUT2D eigenvalue weighted by atomic mass is 10.2. The summed E-state index contributed by atoms with van der Waals surface area (Å²) in [4.78, 5) is 16.1. The van der Waals surface area contributed by atoms with E-state index < -0.39 is 0 Å². The maximum absolute atomic E-state index is 11.8. The SMILES string of the molecule is CC(N)CCC(=O)NC(C)c1noc(-c2ccc(Cl)cc2)n1. The Morgan fingerprint density at radius 1 is 1.36 bits per heavy atom. The van der Waals surface area contributed by atoms with Gasteiger partial charge in [-0.15, -0.1) is 0 Å². The molecule has 0 bridgehead atoms. The molecule has 0 saturated carbocycles. The first-order valence-corrected chi connectivity index (χ1v) is 7.48. The number of carbonyl (C=O) groups excluding carboxylic acids is 1. The Morgan fingerprint density at radius 2 is 2.05 bits per heavy atom. The summed E-state index contributed by atoms with van der Waals surface area (Å²) in [6.07, 6.45) is 1.02. The molecule has 1 aromatic carbocycles. The minimum Gasteiger partial charge on any atom is -0.346 e. The Bertz CT molecular complexity index is 625. The summed E-state index contributed by atoms with van der Waals surface area (Å²) in [5, 5.41) is 7.37. The van der Waals surface area contributed by atoms with Crippen molar-refractivity contribution in [1.82, 2.24) is 15.5 Å². The van der Waals surface area contributed by atoms with Crippen LogP contribution >= 0.6 is 11.6 Å². The second kappa shape index (κ2) is 7.38. The molecule has 0 fully saturated rings. The third kappa shape index (κ3) is 4.54. The van der Waals surface area contributed by atoms with E-state index in [0.717, 1.165) is 5.56 Å². The normalized spacial score (nSPS) is 13.6. The minimum absolute atomic E-state index is 0.00254. The molecule has 2 unspecified atom stereocenters. The molecule has 22 heavy (non-hydrogen) atoms. The molecule has 2 aromatic rings. The van der Waals surface area contributed by atoms with Gasteiger partial charge in [0, 0.05) is 23.0 Å². The fourth-order valence-corrected chi connectivity index (χ4v) is 1.98. The lowest BCUT2D eigenvalue weighted by Crippen LogP contribution is -2.28. The monoisotopic (exact) mass is 322 g/mol. The van der Waals surface area contributed by atoms with E-state index in [9.17, 15) is 4.79 Å². The number of benzene rings is 1. The third-order valence-electron chi connectivity index (χ3n) is 3.12. The zero-order valence-electron chi connectivity index (χ0n) is 12.5. The Morgan fingerprint density at radius 3 is 2.68 bits per heavy atom. The van der Waals surface area contributed by atoms with E-state index in [1.54, 1.807) is 31.2 Å². The summed E-state index contributed by atoms with van der Waals surface area (Å²) in [7, 11) is 0. The van der Waals surface area contributed by atoms with Gasteiger partial charge in [0.25, 0.3) is 5.89 Å². The maximum Gasteiger partial charge on any atom is 0.257 e. The standard InChI is InChI=1S/C15H19ClN4O2/c1-9(17)3-8-13(21)18-10(2)14-19-15(22-20-14)11-4-6-12(16)7-5-11/h4-7,9-10H,3,8,17H2,1-2H3,(H,18,21). The van der Waals surface area contributed by atoms with E-state index in [-0.39, 0.29) is 18.0 Å². The van der Waals surface area contributed by atoms with Crippen molar-refractivity contribution in [3.05, 3.63) is 35.1 Å². The van der Waals surface area contributed by atoms with E-state index in [4.69, 9.17) is 21.9 Å². The molecular formula is C15H19ClN4O2. The molecule has 1 amide bonds. The molecule has 2 rings (SSSR count). The molecule has 0 saturated heterocycles. The first-order chi connectivity index (χ1) is 10.5. The molecule has 0 radical (unpaired) electrons. The first-order valence-electron chi connectivity index (χ1n) is 7.10. The number of rotatable bonds is 6. The molecule has 1 aromatic heterocycles. The van der Waals surface area contributed by atoms with Crippen molar-refractivity contribution < 1.29 is 9.32 Å². The van der Waals surface area contributed by atoms with Gasteiger partial charge >= 0.3 is 0 Å². The van der Waals surface area contributed by atoms with Crippen LogP contribution in [0.4, 0.5) is 0 Å². The predicted molar refractivity (Wildman–Crippen MR) is 84.2 cm³/mol. The molecule has 0 aliphatic heterocycles. The average molecular weight is 323 g/mol. The van der Waals surface area contributed by atoms with Crippen LogP contribution < -0.4 is 11.1 Å². The van der Waals surface area contributed by atoms with E-state index >= 15 is 0 Å². The Kier molecular flexibility index (Phi) is 5.51. The first kappa shape index (κ1) is 16.5. The number of carbonyl (C=O) groups is 1. The van der Waals surface area contributed by atoms with Crippen LogP contribution in [0.1, 0.15) is 38.6 Å². The number of nitrogens with two attached hydrogens (primary N) is 1. The average Bonchev–Trinajstić information content (AvgIpc) is 2.96. The number of hydrogen-bond acceptors (Lipinski definition) is 5. The number of nitrogens with zero attached hydrogens (tertiary/aromatic N) is 2. The lowest BCUT2D eigenvalue weighted by molar-refractivity contribution is -0.121. The fourth-order valence-electron chi connectivity index (χ4n) is 1.86. The van der Waals surface area contributed by atoms with Crippen molar-refractivity contribution in [1.29, 1.82) is 0 Å². The van der Waals surface area contributed by atoms with Gasteiger partial charge < -0.3 is 15.6 Å². The Hall–Kier alpha value is -1.92. The molecule has 3 N–H and O–H groups in total.